The molecule has 1 aromatic heterocycles. The highest BCUT2D eigenvalue weighted by Gasteiger charge is 2.28. The molecule has 0 saturated carbocycles. The van der Waals surface area contributed by atoms with E-state index < -0.39 is 11.4 Å². The maximum absolute atomic E-state index is 12.9. The van der Waals surface area contributed by atoms with Gasteiger partial charge in [0, 0.05) is 22.2 Å². The Kier molecular flexibility index (Phi) is 5.54. The number of nitriles is 2. The van der Waals surface area contributed by atoms with Crippen LogP contribution in [0.3, 0.4) is 0 Å². The number of benzene rings is 1. The van der Waals surface area contributed by atoms with Crippen LogP contribution >= 0.6 is 15.9 Å². The van der Waals surface area contributed by atoms with Crippen LogP contribution in [0, 0.1) is 22.7 Å². The number of Topliss-reactive ketones (excluding diaryl/α,β-unsaturated/α-hetero) is 1. The van der Waals surface area contributed by atoms with Crippen LogP contribution in [0.5, 0.6) is 0 Å². The SMILES string of the molecule is N#CC(=C=[N-])/C(C#N)=C(\C(=O)c1ccc(Br)cc1)[n+]1ccccc1. The molecule has 114 valence electrons. The van der Waals surface area contributed by atoms with E-state index in [1.165, 1.54) is 4.57 Å². The molecule has 6 heteroatoms. The first-order valence-corrected chi connectivity index (χ1v) is 7.50. The van der Waals surface area contributed by atoms with Crippen LogP contribution in [0.25, 0.3) is 11.1 Å². The number of hydrogen-bond acceptors (Lipinski definition) is 3. The van der Waals surface area contributed by atoms with E-state index in [1.807, 2.05) is 6.07 Å². The van der Waals surface area contributed by atoms with Crippen LogP contribution in [0.1, 0.15) is 10.4 Å². The van der Waals surface area contributed by atoms with E-state index in [4.69, 9.17) is 10.7 Å². The Morgan fingerprint density at radius 2 is 1.67 bits per heavy atom. The van der Waals surface area contributed by atoms with E-state index in [-0.39, 0.29) is 11.3 Å². The summed E-state index contributed by atoms with van der Waals surface area (Å²) in [5, 5.41) is 27.6. The highest BCUT2D eigenvalue weighted by molar-refractivity contribution is 9.10. The number of aromatic nitrogens is 1. The van der Waals surface area contributed by atoms with Gasteiger partial charge in [0.05, 0.1) is 5.57 Å². The van der Waals surface area contributed by atoms with Crippen molar-refractivity contribution >= 4 is 33.3 Å². The molecule has 0 radical (unpaired) electrons. The molecule has 0 atom stereocenters. The number of rotatable bonds is 4. The summed E-state index contributed by atoms with van der Waals surface area (Å²) in [5.74, 6) is 1.21. The van der Waals surface area contributed by atoms with Gasteiger partial charge in [-0.25, -0.2) is 5.87 Å². The fraction of sp³-hybridized carbons (Fsp3) is 0. The van der Waals surface area contributed by atoms with E-state index in [2.05, 4.69) is 15.9 Å². The summed E-state index contributed by atoms with van der Waals surface area (Å²) in [6.45, 7) is 0. The quantitative estimate of drug-likeness (QED) is 0.205. The molecule has 5 nitrogen and oxygen atoms in total. The molecule has 0 unspecified atom stereocenters. The van der Waals surface area contributed by atoms with Crippen molar-refractivity contribution in [1.29, 1.82) is 10.5 Å². The van der Waals surface area contributed by atoms with E-state index in [0.717, 1.165) is 4.47 Å². The summed E-state index contributed by atoms with van der Waals surface area (Å²) in [6.07, 6.45) is 3.16. The number of carbonyl (C=O) groups is 1. The van der Waals surface area contributed by atoms with Crippen LogP contribution in [0.2, 0.25) is 0 Å². The zero-order valence-corrected chi connectivity index (χ0v) is 13.9. The van der Waals surface area contributed by atoms with Crippen molar-refractivity contribution in [3.05, 3.63) is 81.4 Å². The van der Waals surface area contributed by atoms with Gasteiger partial charge in [-0.1, -0.05) is 22.0 Å². The molecule has 0 fully saturated rings. The van der Waals surface area contributed by atoms with Gasteiger partial charge in [-0.15, -0.1) is 0 Å². The smallest absolute Gasteiger partial charge is 0.278 e. The molecule has 0 spiro atoms. The highest BCUT2D eigenvalue weighted by Crippen LogP contribution is 2.19. The lowest BCUT2D eigenvalue weighted by Crippen LogP contribution is -2.37. The normalized spacial score (nSPS) is 10.6. The van der Waals surface area contributed by atoms with Crippen LogP contribution in [-0.2, 0) is 0 Å². The maximum Gasteiger partial charge on any atom is 0.278 e. The molecule has 0 aliphatic rings. The Hall–Kier alpha value is -3.31. The summed E-state index contributed by atoms with van der Waals surface area (Å²) in [4.78, 5) is 12.9. The molecule has 0 N–H and O–H groups in total. The van der Waals surface area contributed by atoms with Crippen LogP contribution in [0.4, 0.5) is 0 Å². The van der Waals surface area contributed by atoms with Gasteiger partial charge >= 0.3 is 0 Å². The Bertz CT molecular complexity index is 941. The molecule has 0 aliphatic carbocycles. The molecule has 0 aliphatic heterocycles. The fourth-order valence-corrected chi connectivity index (χ4v) is 2.27. The van der Waals surface area contributed by atoms with Gasteiger partial charge in [0.2, 0.25) is 0 Å². The predicted molar refractivity (Wildman–Crippen MR) is 91.4 cm³/mol. The Morgan fingerprint density at radius 3 is 2.17 bits per heavy atom. The van der Waals surface area contributed by atoms with E-state index in [9.17, 15) is 10.1 Å². The zero-order valence-electron chi connectivity index (χ0n) is 12.3. The first-order chi connectivity index (χ1) is 11.6. The Morgan fingerprint density at radius 1 is 1.04 bits per heavy atom. The summed E-state index contributed by atoms with van der Waals surface area (Å²) < 4.78 is 2.23. The van der Waals surface area contributed by atoms with Crippen LogP contribution < -0.4 is 4.57 Å². The number of halogens is 1. The summed E-state index contributed by atoms with van der Waals surface area (Å²) in [6, 6.07) is 15.2. The zero-order chi connectivity index (χ0) is 17.5. The van der Waals surface area contributed by atoms with Gasteiger partial charge < -0.3 is 5.41 Å². The van der Waals surface area contributed by atoms with Gasteiger partial charge in [0.25, 0.3) is 11.5 Å². The first kappa shape index (κ1) is 17.1. The Balaban J connectivity index is 2.76. The predicted octanol–water partition coefficient (Wildman–Crippen LogP) is 3.04. The monoisotopic (exact) mass is 376 g/mol. The third-order valence-corrected chi connectivity index (χ3v) is 3.65. The average molecular weight is 377 g/mol. The molecule has 0 amide bonds. The molecule has 1 heterocycles. The maximum atomic E-state index is 12.9. The van der Waals surface area contributed by atoms with Gasteiger partial charge in [-0.05, 0) is 24.3 Å². The third-order valence-electron chi connectivity index (χ3n) is 3.12. The Labute approximate surface area is 147 Å². The van der Waals surface area contributed by atoms with Crippen molar-refractivity contribution in [3.8, 4) is 12.1 Å². The van der Waals surface area contributed by atoms with Crippen LogP contribution in [0.15, 0.2) is 70.5 Å². The van der Waals surface area contributed by atoms with Gasteiger partial charge in [-0.2, -0.15) is 15.1 Å². The molecule has 1 aromatic carbocycles. The molecule has 24 heavy (non-hydrogen) atoms. The highest BCUT2D eigenvalue weighted by atomic mass is 79.9. The van der Waals surface area contributed by atoms with Crippen LogP contribution in [-0.4, -0.2) is 11.7 Å². The second kappa shape index (κ2) is 7.80. The number of carbonyl (C=O) groups excluding carboxylic acids is 1. The second-order valence-electron chi connectivity index (χ2n) is 4.55. The molecule has 0 saturated heterocycles. The van der Waals surface area contributed by atoms with E-state index >= 15 is 0 Å². The minimum absolute atomic E-state index is 0.0430. The molecule has 2 rings (SSSR count). The van der Waals surface area contributed by atoms with Gasteiger partial charge in [-0.3, -0.25) is 4.79 Å². The summed E-state index contributed by atoms with van der Waals surface area (Å²) >= 11 is 3.29. The lowest BCUT2D eigenvalue weighted by Gasteiger charge is -2.04. The minimum Gasteiger partial charge on any atom is -0.762 e. The van der Waals surface area contributed by atoms with Crippen molar-refractivity contribution in [2.45, 2.75) is 0 Å². The third kappa shape index (κ3) is 3.53. The van der Waals surface area contributed by atoms with Crippen molar-refractivity contribution in [1.82, 2.24) is 0 Å². The molecule has 0 bridgehead atoms. The van der Waals surface area contributed by atoms with Crippen molar-refractivity contribution in [3.63, 3.8) is 0 Å². The summed E-state index contributed by atoms with van der Waals surface area (Å²) in [7, 11) is 0. The van der Waals surface area contributed by atoms with E-state index in [0.29, 0.717) is 5.56 Å². The average Bonchev–Trinajstić information content (AvgIpc) is 2.63. The fourth-order valence-electron chi connectivity index (χ4n) is 2.01. The number of ketones is 1. The number of allylic oxidation sites excluding steroid dienone is 3. The second-order valence-corrected chi connectivity index (χ2v) is 5.47. The van der Waals surface area contributed by atoms with Gasteiger partial charge in [0.1, 0.15) is 12.1 Å². The summed E-state index contributed by atoms with van der Waals surface area (Å²) in [5.41, 5.74) is -0.371. The first-order valence-electron chi connectivity index (χ1n) is 6.71. The van der Waals surface area contributed by atoms with Crippen molar-refractivity contribution in [2.24, 2.45) is 0 Å². The standard InChI is InChI=1S/C18H9BrN4O/c19-15-6-4-13(5-7-15)18(24)17(23-8-2-1-3-9-23)16(12-22)14(10-20)11-21/h1-9H/b17-16+. The van der Waals surface area contributed by atoms with Gasteiger partial charge in [0.15, 0.2) is 18.0 Å². The number of hydrogen-bond donors (Lipinski definition) is 0. The largest absolute Gasteiger partial charge is 0.762 e. The lowest BCUT2D eigenvalue weighted by atomic mass is 10.0. The minimum atomic E-state index is -0.460. The van der Waals surface area contributed by atoms with E-state index in [1.54, 1.807) is 66.8 Å². The lowest BCUT2D eigenvalue weighted by molar-refractivity contribution is -0.577. The van der Waals surface area contributed by atoms with Crippen molar-refractivity contribution < 1.29 is 9.36 Å². The molecular weight excluding hydrogens is 368 g/mol. The number of nitrogens with zero attached hydrogens (tertiary/aromatic N) is 4. The number of pyridine rings is 1. The van der Waals surface area contributed by atoms with Crippen molar-refractivity contribution in [2.75, 3.05) is 0 Å². The molecule has 2 aromatic rings. The topological polar surface area (TPSA) is 90.8 Å². The molecular formula is C18H9BrN4O.